The monoisotopic (exact) mass is 293 g/mol. The van der Waals surface area contributed by atoms with Gasteiger partial charge in [0.1, 0.15) is 0 Å². The number of nitrogens with zero attached hydrogens (tertiary/aromatic N) is 1. The zero-order valence-electron chi connectivity index (χ0n) is 10.1. The molecule has 1 atom stereocenters. The summed E-state index contributed by atoms with van der Waals surface area (Å²) >= 11 is 3.22. The molecule has 8 heteroatoms. The molecule has 102 valence electrons. The third-order valence-electron chi connectivity index (χ3n) is 1.76. The van der Waals surface area contributed by atoms with Crippen LogP contribution in [0.4, 0.5) is 0 Å². The summed E-state index contributed by atoms with van der Waals surface area (Å²) in [6.07, 6.45) is 0. The Morgan fingerprint density at radius 2 is 2.00 bits per heavy atom. The van der Waals surface area contributed by atoms with Crippen LogP contribution < -0.4 is 5.48 Å². The highest BCUT2D eigenvalue weighted by Crippen LogP contribution is 2.20. The Morgan fingerprint density at radius 3 is 2.39 bits per heavy atom. The van der Waals surface area contributed by atoms with Gasteiger partial charge in [-0.2, -0.15) is 0 Å². The van der Waals surface area contributed by atoms with E-state index >= 15 is 0 Å². The van der Waals surface area contributed by atoms with Gasteiger partial charge in [0.25, 0.3) is 5.91 Å². The maximum Gasteiger partial charge on any atom is 0.253 e. The lowest BCUT2D eigenvalue weighted by molar-refractivity contribution is 0.0827. The summed E-state index contributed by atoms with van der Waals surface area (Å²) in [7, 11) is 4.61. The Bertz CT molecular complexity index is 440. The first-order valence-corrected chi connectivity index (χ1v) is 6.21. The van der Waals surface area contributed by atoms with E-state index in [0.717, 1.165) is 0 Å². The Labute approximate surface area is 113 Å². The van der Waals surface area contributed by atoms with Crippen LogP contribution in [0.2, 0.25) is 5.02 Å². The van der Waals surface area contributed by atoms with E-state index in [1.165, 1.54) is 30.1 Å². The lowest BCUT2D eigenvalue weighted by Crippen LogP contribution is -2.21. The number of hydroxylamine groups is 1. The number of rotatable bonds is 2. The lowest BCUT2D eigenvalue weighted by Gasteiger charge is -2.13. The van der Waals surface area contributed by atoms with Gasteiger partial charge < -0.3 is 14.7 Å². The van der Waals surface area contributed by atoms with Gasteiger partial charge in [0.15, 0.2) is 0 Å². The molecule has 0 aromatic heterocycles. The molecule has 0 fully saturated rings. The van der Waals surface area contributed by atoms with Crippen LogP contribution in [0.5, 0.6) is 0 Å². The molecule has 0 spiro atoms. The number of carbonyl (C=O) groups excluding carboxylic acids is 1. The second-order valence-electron chi connectivity index (χ2n) is 3.30. The van der Waals surface area contributed by atoms with Crippen LogP contribution in [0.15, 0.2) is 23.1 Å². The van der Waals surface area contributed by atoms with Gasteiger partial charge in [-0.05, 0) is 29.3 Å². The molecular weight excluding hydrogens is 280 g/mol. The molecule has 0 aliphatic heterocycles. The normalized spacial score (nSPS) is 11.2. The minimum absolute atomic E-state index is 0.0654. The van der Waals surface area contributed by atoms with Crippen molar-refractivity contribution < 1.29 is 18.8 Å². The second kappa shape index (κ2) is 8.17. The van der Waals surface area contributed by atoms with Crippen LogP contribution in [0.3, 0.4) is 0 Å². The SMILES string of the molecule is CN(C)C(=O)c1ccc(Cl)c(S(=O)[O-])c1.CNO. The van der Waals surface area contributed by atoms with E-state index in [-0.39, 0.29) is 15.8 Å². The Balaban J connectivity index is 0.000000873. The molecule has 0 radical (unpaired) electrons. The van der Waals surface area contributed by atoms with Crippen molar-refractivity contribution in [3.8, 4) is 0 Å². The van der Waals surface area contributed by atoms with Gasteiger partial charge in [0, 0.05) is 31.6 Å². The first kappa shape index (κ1) is 17.0. The van der Waals surface area contributed by atoms with E-state index in [9.17, 15) is 13.6 Å². The molecule has 2 N–H and O–H groups in total. The van der Waals surface area contributed by atoms with E-state index in [2.05, 4.69) is 0 Å². The standard InChI is InChI=1S/C9H10ClNO3S.CH5NO/c1-11(2)9(12)6-3-4-7(10)8(5-6)15(13)14;1-2-3/h3-5H,1-2H3,(H,13,14);2-3H,1H3/p-1. The molecule has 0 aliphatic rings. The van der Waals surface area contributed by atoms with E-state index in [4.69, 9.17) is 16.8 Å². The van der Waals surface area contributed by atoms with Gasteiger partial charge in [-0.1, -0.05) is 11.6 Å². The smallest absolute Gasteiger partial charge is 0.253 e. The summed E-state index contributed by atoms with van der Waals surface area (Å²) < 4.78 is 21.5. The molecule has 0 saturated carbocycles. The summed E-state index contributed by atoms with van der Waals surface area (Å²) in [6.45, 7) is 0. The van der Waals surface area contributed by atoms with Gasteiger partial charge in [-0.25, -0.2) is 5.48 Å². The summed E-state index contributed by atoms with van der Waals surface area (Å²) in [5.41, 5.74) is 2.05. The van der Waals surface area contributed by atoms with Crippen molar-refractivity contribution in [2.45, 2.75) is 4.90 Å². The van der Waals surface area contributed by atoms with Crippen LogP contribution in [0, 0.1) is 0 Å². The zero-order chi connectivity index (χ0) is 14.3. The average Bonchev–Trinajstić information content (AvgIpc) is 2.29. The largest absolute Gasteiger partial charge is 0.768 e. The molecule has 18 heavy (non-hydrogen) atoms. The highest BCUT2D eigenvalue weighted by Gasteiger charge is 2.10. The minimum Gasteiger partial charge on any atom is -0.768 e. The number of amides is 1. The van der Waals surface area contributed by atoms with Crippen LogP contribution in [0.25, 0.3) is 0 Å². The van der Waals surface area contributed by atoms with Crippen molar-refractivity contribution in [1.29, 1.82) is 0 Å². The van der Waals surface area contributed by atoms with Gasteiger partial charge >= 0.3 is 0 Å². The van der Waals surface area contributed by atoms with Crippen molar-refractivity contribution >= 4 is 28.6 Å². The molecule has 1 amide bonds. The Morgan fingerprint density at radius 1 is 1.50 bits per heavy atom. The topological polar surface area (TPSA) is 92.7 Å². The number of halogens is 1. The number of benzene rings is 1. The van der Waals surface area contributed by atoms with Gasteiger partial charge in [-0.3, -0.25) is 9.00 Å². The van der Waals surface area contributed by atoms with Crippen LogP contribution >= 0.6 is 11.6 Å². The highest BCUT2D eigenvalue weighted by molar-refractivity contribution is 7.79. The van der Waals surface area contributed by atoms with Gasteiger partial charge in [0.05, 0.1) is 5.02 Å². The van der Waals surface area contributed by atoms with Crippen molar-refractivity contribution in [3.63, 3.8) is 0 Å². The third kappa shape index (κ3) is 5.11. The van der Waals surface area contributed by atoms with Crippen molar-refractivity contribution in [1.82, 2.24) is 10.4 Å². The molecule has 0 saturated heterocycles. The average molecular weight is 294 g/mol. The minimum atomic E-state index is -2.43. The molecule has 0 aliphatic carbocycles. The molecule has 0 heterocycles. The predicted molar refractivity (Wildman–Crippen MR) is 67.5 cm³/mol. The predicted octanol–water partition coefficient (Wildman–Crippen LogP) is 0.875. The van der Waals surface area contributed by atoms with E-state index in [0.29, 0.717) is 5.56 Å². The molecule has 1 rings (SSSR count). The molecule has 0 bridgehead atoms. The highest BCUT2D eigenvalue weighted by atomic mass is 35.5. The number of hydrogen-bond donors (Lipinski definition) is 2. The lowest BCUT2D eigenvalue weighted by atomic mass is 10.2. The summed E-state index contributed by atoms with van der Waals surface area (Å²) in [6, 6.07) is 4.14. The summed E-state index contributed by atoms with van der Waals surface area (Å²) in [5, 5.41) is 7.43. The van der Waals surface area contributed by atoms with Crippen LogP contribution in [-0.4, -0.2) is 45.9 Å². The molecular formula is C10H14ClN2O4S-. The molecule has 1 unspecified atom stereocenters. The fourth-order valence-electron chi connectivity index (χ4n) is 1.02. The number of nitrogens with one attached hydrogen (secondary N) is 1. The number of hydrogen-bond acceptors (Lipinski definition) is 5. The van der Waals surface area contributed by atoms with E-state index in [1.807, 2.05) is 0 Å². The Kier molecular flexibility index (Phi) is 7.72. The molecule has 1 aromatic carbocycles. The first-order chi connectivity index (χ1) is 8.34. The first-order valence-electron chi connectivity index (χ1n) is 4.76. The number of carbonyl (C=O) groups is 1. The quantitative estimate of drug-likeness (QED) is 0.623. The van der Waals surface area contributed by atoms with E-state index < -0.39 is 11.1 Å². The maximum atomic E-state index is 11.5. The van der Waals surface area contributed by atoms with Crippen molar-refractivity contribution in [2.24, 2.45) is 0 Å². The van der Waals surface area contributed by atoms with Crippen molar-refractivity contribution in [2.75, 3.05) is 21.1 Å². The van der Waals surface area contributed by atoms with Gasteiger partial charge in [0.2, 0.25) is 0 Å². The van der Waals surface area contributed by atoms with Crippen LogP contribution in [-0.2, 0) is 11.1 Å². The Hall–Kier alpha value is -0.990. The summed E-state index contributed by atoms with van der Waals surface area (Å²) in [5.74, 6) is -0.265. The van der Waals surface area contributed by atoms with Crippen molar-refractivity contribution in [3.05, 3.63) is 28.8 Å². The van der Waals surface area contributed by atoms with Crippen LogP contribution in [0.1, 0.15) is 10.4 Å². The third-order valence-corrected chi connectivity index (χ3v) is 2.90. The molecule has 1 aromatic rings. The molecule has 6 nitrogen and oxygen atoms in total. The fourth-order valence-corrected chi connectivity index (χ4v) is 1.78. The zero-order valence-corrected chi connectivity index (χ0v) is 11.7. The fraction of sp³-hybridized carbons (Fsp3) is 0.300. The second-order valence-corrected chi connectivity index (χ2v) is 4.62. The summed E-state index contributed by atoms with van der Waals surface area (Å²) in [4.78, 5) is 12.8. The maximum absolute atomic E-state index is 11.5. The van der Waals surface area contributed by atoms with Gasteiger partial charge in [-0.15, -0.1) is 0 Å². The van der Waals surface area contributed by atoms with E-state index in [1.54, 1.807) is 19.6 Å².